The summed E-state index contributed by atoms with van der Waals surface area (Å²) in [5, 5.41) is 1.87. The molecule has 1 radical (unpaired) electrons. The van der Waals surface area contributed by atoms with E-state index in [1.54, 1.807) is 0 Å². The van der Waals surface area contributed by atoms with E-state index >= 15 is 0 Å². The molecule has 0 aromatic heterocycles. The second kappa shape index (κ2) is 5.63. The molecule has 0 saturated heterocycles. The van der Waals surface area contributed by atoms with Crippen molar-refractivity contribution < 1.29 is 0 Å². The van der Waals surface area contributed by atoms with Crippen molar-refractivity contribution in [2.24, 2.45) is 0 Å². The van der Waals surface area contributed by atoms with Crippen molar-refractivity contribution in [2.45, 2.75) is 116 Å². The van der Waals surface area contributed by atoms with Gasteiger partial charge < -0.3 is 8.55 Å². The maximum atomic E-state index is 2.70. The Morgan fingerprint density at radius 2 is 0.571 bits per heavy atom. The third-order valence-corrected chi connectivity index (χ3v) is 40.5. The molecule has 127 valence electrons. The van der Waals surface area contributed by atoms with Crippen molar-refractivity contribution in [1.29, 1.82) is 0 Å². The summed E-state index contributed by atoms with van der Waals surface area (Å²) in [5.41, 5.74) is 0. The van der Waals surface area contributed by atoms with Crippen LogP contribution in [0.1, 0.15) is 83.1 Å². The van der Waals surface area contributed by atoms with Crippen LogP contribution in [0.5, 0.6) is 0 Å². The highest BCUT2D eigenvalue weighted by molar-refractivity contribution is 7.55. The molecule has 0 bridgehead atoms. The fourth-order valence-electron chi connectivity index (χ4n) is 3.50. The summed E-state index contributed by atoms with van der Waals surface area (Å²) in [6.45, 7) is 35.5. The van der Waals surface area contributed by atoms with Gasteiger partial charge in [0.05, 0.1) is 0 Å². The first kappa shape index (κ1) is 21.7. The lowest BCUT2D eigenvalue weighted by molar-refractivity contribution is 0.627. The maximum absolute atomic E-state index is 2.70. The van der Waals surface area contributed by atoms with Crippen LogP contribution in [0.4, 0.5) is 0 Å². The number of hydrogen-bond donors (Lipinski definition) is 0. The monoisotopic (exact) mass is 342 g/mol. The van der Waals surface area contributed by atoms with Gasteiger partial charge in [-0.15, -0.1) is 15.2 Å². The van der Waals surface area contributed by atoms with Gasteiger partial charge in [-0.05, 0) is 0 Å². The van der Waals surface area contributed by atoms with Crippen molar-refractivity contribution >= 4 is 23.7 Å². The van der Waals surface area contributed by atoms with Crippen LogP contribution in [0.15, 0.2) is 0 Å². The highest BCUT2D eigenvalue weighted by atomic mass is 29.6. The van der Waals surface area contributed by atoms with Crippen molar-refractivity contribution in [3.63, 3.8) is 0 Å². The SMILES string of the molecule is CC(C)(C)[Si](C)([Si-][Si](C)(C(C)(C)C)C(C)(C)C)C(C)(C)C. The average Bonchev–Trinajstić information content (AvgIpc) is 2.09. The largest absolute Gasteiger partial charge is 0.422 e. The standard InChI is InChI=1S/C18H42Si3/c1-15(2,3)20(13,16(4,5)6)19-21(14,17(7,8)9)18(10,11)12/h1-14H3/q-1. The van der Waals surface area contributed by atoms with E-state index in [0.717, 1.165) is 0 Å². The summed E-state index contributed by atoms with van der Waals surface area (Å²) < 4.78 is 0. The normalized spacial score (nSPS) is 16.3. The fourth-order valence-corrected chi connectivity index (χ4v) is 40.5. The Kier molecular flexibility index (Phi) is 5.80. The van der Waals surface area contributed by atoms with Crippen LogP contribution >= 0.6 is 0 Å². The van der Waals surface area contributed by atoms with Crippen LogP contribution in [0.2, 0.25) is 33.2 Å². The lowest BCUT2D eigenvalue weighted by Gasteiger charge is -2.71. The van der Waals surface area contributed by atoms with Crippen LogP contribution < -0.4 is 0 Å². The zero-order valence-corrected chi connectivity index (χ0v) is 20.5. The highest BCUT2D eigenvalue weighted by Gasteiger charge is 2.47. The molecule has 0 aliphatic rings. The van der Waals surface area contributed by atoms with Crippen molar-refractivity contribution in [1.82, 2.24) is 0 Å². The lowest BCUT2D eigenvalue weighted by Crippen LogP contribution is -2.68. The smallest absolute Gasteiger partial charge is 0.0654 e. The second-order valence-electron chi connectivity index (χ2n) is 11.4. The molecule has 0 amide bonds. The molecular weight excluding hydrogens is 300 g/mol. The Balaban J connectivity index is 6.15. The van der Waals surface area contributed by atoms with E-state index in [1.807, 2.05) is 0 Å². The molecule has 0 spiro atoms. The summed E-state index contributed by atoms with van der Waals surface area (Å²) >= 11 is 0. The van der Waals surface area contributed by atoms with Crippen molar-refractivity contribution in [3.8, 4) is 0 Å². The first-order valence-electron chi connectivity index (χ1n) is 8.50. The third-order valence-electron chi connectivity index (χ3n) is 6.50. The molecule has 0 atom stereocenters. The molecule has 0 aromatic carbocycles. The Labute approximate surface area is 140 Å². The van der Waals surface area contributed by atoms with Gasteiger partial charge >= 0.3 is 0 Å². The zero-order valence-electron chi connectivity index (χ0n) is 17.5. The lowest BCUT2D eigenvalue weighted by atomic mass is 10.2. The van der Waals surface area contributed by atoms with Gasteiger partial charge in [-0.25, -0.2) is 0 Å². The summed E-state index contributed by atoms with van der Waals surface area (Å²) in [6, 6.07) is 0. The molecule has 21 heavy (non-hydrogen) atoms. The molecule has 0 rings (SSSR count). The van der Waals surface area contributed by atoms with Crippen LogP contribution in [-0.4, -0.2) is 23.7 Å². The minimum atomic E-state index is -1.42. The van der Waals surface area contributed by atoms with E-state index in [4.69, 9.17) is 0 Å². The quantitative estimate of drug-likeness (QED) is 0.472. The van der Waals surface area contributed by atoms with E-state index in [0.29, 0.717) is 20.2 Å². The molecule has 0 fully saturated rings. The molecule has 3 heteroatoms. The van der Waals surface area contributed by atoms with Gasteiger partial charge in [0.25, 0.3) is 0 Å². The predicted molar refractivity (Wildman–Crippen MR) is 108 cm³/mol. The fraction of sp³-hybridized carbons (Fsp3) is 1.00. The first-order valence-corrected chi connectivity index (χ1v) is 16.5. The van der Waals surface area contributed by atoms with Gasteiger partial charge in [0.1, 0.15) is 0 Å². The minimum absolute atomic E-state index is 0.467. The summed E-state index contributed by atoms with van der Waals surface area (Å²) in [7, 11) is -1.63. The topological polar surface area (TPSA) is 0 Å². The summed E-state index contributed by atoms with van der Waals surface area (Å²) in [5.74, 6) is 0. The van der Waals surface area contributed by atoms with Gasteiger partial charge in [-0.3, -0.25) is 0 Å². The maximum Gasteiger partial charge on any atom is -0.0654 e. The molecule has 0 aliphatic heterocycles. The number of rotatable bonds is 2. The van der Waals surface area contributed by atoms with E-state index < -0.39 is 15.2 Å². The van der Waals surface area contributed by atoms with E-state index in [2.05, 4.69) is 96.2 Å². The molecule has 0 N–H and O–H groups in total. The van der Waals surface area contributed by atoms with Gasteiger partial charge in [-0.1, -0.05) is 116 Å². The molecule has 0 aromatic rings. The van der Waals surface area contributed by atoms with Crippen molar-refractivity contribution in [2.75, 3.05) is 0 Å². The van der Waals surface area contributed by atoms with Crippen LogP contribution in [0, 0.1) is 0 Å². The molecule has 0 nitrogen and oxygen atoms in total. The minimum Gasteiger partial charge on any atom is -0.422 e. The Bertz CT molecular complexity index is 292. The van der Waals surface area contributed by atoms with Gasteiger partial charge in [0.15, 0.2) is 0 Å². The third kappa shape index (κ3) is 3.95. The van der Waals surface area contributed by atoms with E-state index in [1.165, 1.54) is 8.55 Å². The zero-order chi connectivity index (χ0) is 17.7. The summed E-state index contributed by atoms with van der Waals surface area (Å²) in [6.07, 6.45) is 0. The first-order chi connectivity index (χ1) is 8.71. The second-order valence-corrected chi connectivity index (χ2v) is 31.1. The van der Waals surface area contributed by atoms with Gasteiger partial charge in [0.2, 0.25) is 0 Å². The predicted octanol–water partition coefficient (Wildman–Crippen LogP) is 7.04. The van der Waals surface area contributed by atoms with Crippen LogP contribution in [-0.2, 0) is 0 Å². The summed E-state index contributed by atoms with van der Waals surface area (Å²) in [4.78, 5) is 0. The van der Waals surface area contributed by atoms with E-state index in [9.17, 15) is 0 Å². The van der Waals surface area contributed by atoms with Crippen LogP contribution in [0.3, 0.4) is 0 Å². The molecular formula is C18H42Si3-. The van der Waals surface area contributed by atoms with Crippen molar-refractivity contribution in [3.05, 3.63) is 0 Å². The molecule has 0 unspecified atom stereocenters. The Hall–Kier alpha value is 0.651. The van der Waals surface area contributed by atoms with E-state index in [-0.39, 0.29) is 0 Å². The number of hydrogen-bond acceptors (Lipinski definition) is 0. The van der Waals surface area contributed by atoms with Crippen LogP contribution in [0.25, 0.3) is 0 Å². The Morgan fingerprint density at radius 1 is 0.429 bits per heavy atom. The van der Waals surface area contributed by atoms with Gasteiger partial charge in [0, 0.05) is 0 Å². The average molecular weight is 343 g/mol. The molecule has 0 aliphatic carbocycles. The molecule has 0 heterocycles. The Morgan fingerprint density at radius 3 is 0.667 bits per heavy atom. The highest BCUT2D eigenvalue weighted by Crippen LogP contribution is 2.57. The van der Waals surface area contributed by atoms with Gasteiger partial charge in [-0.2, -0.15) is 0 Å². The molecule has 0 saturated carbocycles.